The first kappa shape index (κ1) is 29.0. The number of carbonyl (C=O) groups excluding carboxylic acids is 2. The Kier molecular flexibility index (Phi) is 10.6. The van der Waals surface area contributed by atoms with Crippen LogP contribution in [-0.4, -0.2) is 70.8 Å². The summed E-state index contributed by atoms with van der Waals surface area (Å²) in [6, 6.07) is 13.5. The molecule has 36 heavy (non-hydrogen) atoms. The quantitative estimate of drug-likeness (QED) is 0.436. The highest BCUT2D eigenvalue weighted by atomic mass is 32.2. The van der Waals surface area contributed by atoms with Crippen molar-refractivity contribution in [1.82, 2.24) is 10.2 Å². The number of hydrogen-bond acceptors (Lipinski definition) is 6. The van der Waals surface area contributed by atoms with Gasteiger partial charge in [0.05, 0.1) is 26.2 Å². The fourth-order valence-corrected chi connectivity index (χ4v) is 4.71. The Bertz CT molecular complexity index is 1120. The number of amides is 2. The fraction of sp³-hybridized carbons (Fsp3) is 0.462. The second kappa shape index (κ2) is 13.2. The van der Waals surface area contributed by atoms with E-state index in [1.165, 1.54) is 25.2 Å². The first-order chi connectivity index (χ1) is 17.0. The van der Waals surface area contributed by atoms with Crippen LogP contribution in [0.1, 0.15) is 32.8 Å². The minimum absolute atomic E-state index is 0.105. The van der Waals surface area contributed by atoms with Crippen molar-refractivity contribution in [2.45, 2.75) is 45.7 Å². The van der Waals surface area contributed by atoms with Crippen LogP contribution in [0, 0.1) is 0 Å². The summed E-state index contributed by atoms with van der Waals surface area (Å²) in [7, 11) is -1.01. The molecular formula is C26H37N3O6S. The summed E-state index contributed by atoms with van der Waals surface area (Å²) < 4.78 is 37.3. The molecule has 1 unspecified atom stereocenters. The van der Waals surface area contributed by atoms with Gasteiger partial charge in [0.2, 0.25) is 21.8 Å². The molecule has 0 aromatic heterocycles. The first-order valence-electron chi connectivity index (χ1n) is 11.8. The molecule has 2 aromatic carbocycles. The lowest BCUT2D eigenvalue weighted by Crippen LogP contribution is -2.54. The summed E-state index contributed by atoms with van der Waals surface area (Å²) in [6.07, 6.45) is 1.91. The highest BCUT2D eigenvalue weighted by molar-refractivity contribution is 7.92. The predicted molar refractivity (Wildman–Crippen MR) is 141 cm³/mol. The molecule has 2 aromatic rings. The molecule has 1 atom stereocenters. The number of benzene rings is 2. The van der Waals surface area contributed by atoms with E-state index >= 15 is 0 Å². The minimum atomic E-state index is -3.89. The largest absolute Gasteiger partial charge is 0.497 e. The molecule has 2 amide bonds. The van der Waals surface area contributed by atoms with Crippen LogP contribution >= 0.6 is 0 Å². The molecule has 0 saturated carbocycles. The van der Waals surface area contributed by atoms with Gasteiger partial charge >= 0.3 is 0 Å². The molecule has 0 fully saturated rings. The van der Waals surface area contributed by atoms with Crippen LogP contribution in [0.25, 0.3) is 0 Å². The van der Waals surface area contributed by atoms with Crippen LogP contribution in [0.15, 0.2) is 48.5 Å². The summed E-state index contributed by atoms with van der Waals surface area (Å²) in [5, 5.41) is 2.87. The summed E-state index contributed by atoms with van der Waals surface area (Å²) in [4.78, 5) is 28.2. The van der Waals surface area contributed by atoms with Gasteiger partial charge < -0.3 is 19.7 Å². The van der Waals surface area contributed by atoms with Gasteiger partial charge in [0.25, 0.3) is 0 Å². The number of ether oxygens (including phenoxy) is 2. The lowest BCUT2D eigenvalue weighted by atomic mass is 10.1. The maximum absolute atomic E-state index is 13.7. The van der Waals surface area contributed by atoms with Gasteiger partial charge in [-0.1, -0.05) is 37.3 Å². The molecule has 0 aliphatic rings. The molecule has 10 heteroatoms. The van der Waals surface area contributed by atoms with Crippen LogP contribution in [0.3, 0.4) is 0 Å². The molecule has 0 bridgehead atoms. The Morgan fingerprint density at radius 2 is 1.69 bits per heavy atom. The van der Waals surface area contributed by atoms with Gasteiger partial charge in [0.1, 0.15) is 24.1 Å². The zero-order valence-electron chi connectivity index (χ0n) is 21.9. The molecule has 9 nitrogen and oxygen atoms in total. The van der Waals surface area contributed by atoms with E-state index in [1.54, 1.807) is 12.1 Å². The molecular weight excluding hydrogens is 482 g/mol. The molecule has 198 valence electrons. The molecule has 0 heterocycles. The van der Waals surface area contributed by atoms with Gasteiger partial charge in [0.15, 0.2) is 0 Å². The summed E-state index contributed by atoms with van der Waals surface area (Å²) in [6.45, 7) is 5.28. The SMILES string of the molecule is CCC(C(=O)NC(C)C)N(CCc1ccccc1)C(=O)CN(c1cc(OC)ccc1OC)S(C)(=O)=O. The number of methoxy groups -OCH3 is 2. The zero-order chi connectivity index (χ0) is 26.9. The van der Waals surface area contributed by atoms with Crippen LogP contribution in [0.2, 0.25) is 0 Å². The van der Waals surface area contributed by atoms with Crippen molar-refractivity contribution in [3.8, 4) is 11.5 Å². The van der Waals surface area contributed by atoms with Gasteiger partial charge in [-0.15, -0.1) is 0 Å². The van der Waals surface area contributed by atoms with E-state index in [0.29, 0.717) is 18.6 Å². The Morgan fingerprint density at radius 3 is 2.22 bits per heavy atom. The van der Waals surface area contributed by atoms with E-state index in [2.05, 4.69) is 5.32 Å². The third kappa shape index (κ3) is 7.87. The number of hydrogen-bond donors (Lipinski definition) is 1. The lowest BCUT2D eigenvalue weighted by Gasteiger charge is -2.33. The Hall–Kier alpha value is -3.27. The van der Waals surface area contributed by atoms with Crippen molar-refractivity contribution < 1.29 is 27.5 Å². The molecule has 0 aliphatic heterocycles. The van der Waals surface area contributed by atoms with Crippen LogP contribution < -0.4 is 19.1 Å². The van der Waals surface area contributed by atoms with Crippen LogP contribution in [-0.2, 0) is 26.0 Å². The van der Waals surface area contributed by atoms with Gasteiger partial charge in [-0.3, -0.25) is 13.9 Å². The molecule has 2 rings (SSSR count). The van der Waals surface area contributed by atoms with E-state index in [1.807, 2.05) is 51.1 Å². The normalized spacial score (nSPS) is 12.1. The van der Waals surface area contributed by atoms with E-state index in [-0.39, 0.29) is 29.9 Å². The Morgan fingerprint density at radius 1 is 1.03 bits per heavy atom. The molecule has 0 aliphatic carbocycles. The number of sulfonamides is 1. The van der Waals surface area contributed by atoms with Crippen molar-refractivity contribution in [2.24, 2.45) is 0 Å². The molecule has 1 N–H and O–H groups in total. The fourth-order valence-electron chi connectivity index (χ4n) is 3.86. The smallest absolute Gasteiger partial charge is 0.244 e. The number of nitrogens with one attached hydrogen (secondary N) is 1. The van der Waals surface area contributed by atoms with Crippen molar-refractivity contribution in [1.29, 1.82) is 0 Å². The van der Waals surface area contributed by atoms with E-state index < -0.39 is 28.5 Å². The molecule has 0 spiro atoms. The average molecular weight is 520 g/mol. The van der Waals surface area contributed by atoms with Crippen molar-refractivity contribution >= 4 is 27.5 Å². The summed E-state index contributed by atoms with van der Waals surface area (Å²) in [5.41, 5.74) is 1.18. The molecule has 0 saturated heterocycles. The minimum Gasteiger partial charge on any atom is -0.497 e. The van der Waals surface area contributed by atoms with E-state index in [0.717, 1.165) is 16.1 Å². The lowest BCUT2D eigenvalue weighted by molar-refractivity contribution is -0.139. The Balaban J connectivity index is 2.45. The summed E-state index contributed by atoms with van der Waals surface area (Å²) >= 11 is 0. The number of anilines is 1. The topological polar surface area (TPSA) is 105 Å². The monoisotopic (exact) mass is 519 g/mol. The van der Waals surface area contributed by atoms with E-state index in [9.17, 15) is 18.0 Å². The second-order valence-electron chi connectivity index (χ2n) is 8.72. The standard InChI is InChI=1S/C26H37N3O6S/c1-7-22(26(31)27-19(2)3)28(16-15-20-11-9-8-10-12-20)25(30)18-29(36(6,32)33)23-17-21(34-4)13-14-24(23)35-5/h8-14,17,19,22H,7,15-16,18H2,1-6H3,(H,27,31). The third-order valence-corrected chi connectivity index (χ3v) is 6.76. The Labute approximate surface area is 214 Å². The third-order valence-electron chi connectivity index (χ3n) is 5.63. The number of nitrogens with zero attached hydrogens (tertiary/aromatic N) is 2. The van der Waals surface area contributed by atoms with Crippen molar-refractivity contribution in [3.05, 3.63) is 54.1 Å². The van der Waals surface area contributed by atoms with Gasteiger partial charge in [0, 0.05) is 18.7 Å². The zero-order valence-corrected chi connectivity index (χ0v) is 22.7. The average Bonchev–Trinajstić information content (AvgIpc) is 2.83. The molecule has 0 radical (unpaired) electrons. The van der Waals surface area contributed by atoms with E-state index in [4.69, 9.17) is 9.47 Å². The number of carbonyl (C=O) groups is 2. The maximum Gasteiger partial charge on any atom is 0.244 e. The van der Waals surface area contributed by atoms with Crippen LogP contribution in [0.4, 0.5) is 5.69 Å². The second-order valence-corrected chi connectivity index (χ2v) is 10.6. The van der Waals surface area contributed by atoms with Gasteiger partial charge in [-0.25, -0.2) is 8.42 Å². The first-order valence-corrected chi connectivity index (χ1v) is 13.7. The van der Waals surface area contributed by atoms with Gasteiger partial charge in [-0.2, -0.15) is 0 Å². The predicted octanol–water partition coefficient (Wildman–Crippen LogP) is 2.84. The van der Waals surface area contributed by atoms with Gasteiger partial charge in [-0.05, 0) is 44.4 Å². The van der Waals surface area contributed by atoms with Crippen molar-refractivity contribution in [2.75, 3.05) is 37.9 Å². The van der Waals surface area contributed by atoms with Crippen molar-refractivity contribution in [3.63, 3.8) is 0 Å². The number of rotatable bonds is 13. The summed E-state index contributed by atoms with van der Waals surface area (Å²) in [5.74, 6) is -0.0872. The highest BCUT2D eigenvalue weighted by Gasteiger charge is 2.32. The maximum atomic E-state index is 13.7. The van der Waals surface area contributed by atoms with Crippen LogP contribution in [0.5, 0.6) is 11.5 Å². The highest BCUT2D eigenvalue weighted by Crippen LogP contribution is 2.33.